The van der Waals surface area contributed by atoms with Gasteiger partial charge in [-0.15, -0.1) is 0 Å². The van der Waals surface area contributed by atoms with Crippen LogP contribution in [0.15, 0.2) is 30.3 Å². The van der Waals surface area contributed by atoms with Crippen molar-refractivity contribution in [3.8, 4) is 0 Å². The molecule has 1 aromatic carbocycles. The number of hydrogen-bond donors (Lipinski definition) is 0. The third kappa shape index (κ3) is 3.60. The van der Waals surface area contributed by atoms with E-state index in [0.717, 1.165) is 32.4 Å². The lowest BCUT2D eigenvalue weighted by Crippen LogP contribution is -2.40. The number of ether oxygens (including phenoxy) is 1. The lowest BCUT2D eigenvalue weighted by atomic mass is 10.0. The first kappa shape index (κ1) is 15.0. The van der Waals surface area contributed by atoms with Crippen LogP contribution >= 0.6 is 0 Å². The van der Waals surface area contributed by atoms with Crippen LogP contribution in [0, 0.1) is 5.92 Å². The maximum atomic E-state index is 12.1. The molecule has 110 valence electrons. The van der Waals surface area contributed by atoms with Crippen molar-refractivity contribution in [2.75, 3.05) is 13.2 Å². The molecule has 1 saturated carbocycles. The summed E-state index contributed by atoms with van der Waals surface area (Å²) in [4.78, 5) is 14.5. The monoisotopic (exact) mass is 275 g/mol. The zero-order chi connectivity index (χ0) is 14.4. The smallest absolute Gasteiger partial charge is 0.310 e. The maximum absolute atomic E-state index is 12.1. The molecule has 0 heterocycles. The van der Waals surface area contributed by atoms with E-state index in [4.69, 9.17) is 4.74 Å². The Bertz CT molecular complexity index is 418. The normalized spacial score (nSPS) is 22.1. The maximum Gasteiger partial charge on any atom is 0.310 e. The highest BCUT2D eigenvalue weighted by molar-refractivity contribution is 5.73. The van der Waals surface area contributed by atoms with Gasteiger partial charge in [-0.3, -0.25) is 9.69 Å². The summed E-state index contributed by atoms with van der Waals surface area (Å²) >= 11 is 0. The lowest BCUT2D eigenvalue weighted by molar-refractivity contribution is -0.149. The van der Waals surface area contributed by atoms with E-state index in [1.54, 1.807) is 0 Å². The van der Waals surface area contributed by atoms with Crippen LogP contribution in [0.2, 0.25) is 0 Å². The van der Waals surface area contributed by atoms with E-state index >= 15 is 0 Å². The van der Waals surface area contributed by atoms with Gasteiger partial charge in [-0.05, 0) is 31.9 Å². The Morgan fingerprint density at radius 2 is 2.00 bits per heavy atom. The first-order valence-electron chi connectivity index (χ1n) is 7.70. The van der Waals surface area contributed by atoms with Gasteiger partial charge in [0, 0.05) is 12.6 Å². The molecule has 0 unspecified atom stereocenters. The number of esters is 1. The van der Waals surface area contributed by atoms with Gasteiger partial charge in [0.05, 0.1) is 12.5 Å². The van der Waals surface area contributed by atoms with Crippen LogP contribution in [0.25, 0.3) is 0 Å². The third-order valence-electron chi connectivity index (χ3n) is 4.17. The molecule has 0 aromatic heterocycles. The highest BCUT2D eigenvalue weighted by atomic mass is 16.5. The second-order valence-electron chi connectivity index (χ2n) is 5.41. The molecule has 1 aromatic rings. The van der Waals surface area contributed by atoms with E-state index in [0.29, 0.717) is 12.6 Å². The molecule has 3 nitrogen and oxygen atoms in total. The Morgan fingerprint density at radius 1 is 1.25 bits per heavy atom. The quantitative estimate of drug-likeness (QED) is 0.746. The average Bonchev–Trinajstić information content (AvgIpc) is 2.95. The van der Waals surface area contributed by atoms with E-state index in [9.17, 15) is 4.79 Å². The van der Waals surface area contributed by atoms with Crippen LogP contribution in [0.5, 0.6) is 0 Å². The second-order valence-corrected chi connectivity index (χ2v) is 5.41. The summed E-state index contributed by atoms with van der Waals surface area (Å²) in [6.45, 7) is 6.41. The molecule has 20 heavy (non-hydrogen) atoms. The van der Waals surface area contributed by atoms with Crippen LogP contribution in [-0.4, -0.2) is 30.1 Å². The fraction of sp³-hybridized carbons (Fsp3) is 0.588. The zero-order valence-corrected chi connectivity index (χ0v) is 12.5. The Labute approximate surface area is 121 Å². The highest BCUT2D eigenvalue weighted by Gasteiger charge is 2.37. The number of rotatable bonds is 6. The number of nitrogens with zero attached hydrogens (tertiary/aromatic N) is 1. The number of benzene rings is 1. The van der Waals surface area contributed by atoms with E-state index in [2.05, 4.69) is 36.1 Å². The number of hydrogen-bond acceptors (Lipinski definition) is 3. The standard InChI is InChI=1S/C17H25NO2/c1-3-18(13-14-9-6-5-7-10-14)16-12-8-11-15(16)17(19)20-4-2/h5-7,9-10,15-16H,3-4,8,11-13H2,1-2H3/t15-,16+/m0/s1. The van der Waals surface area contributed by atoms with Crippen LogP contribution in [-0.2, 0) is 16.1 Å². The first-order chi connectivity index (χ1) is 9.76. The Hall–Kier alpha value is -1.35. The summed E-state index contributed by atoms with van der Waals surface area (Å²) in [5.41, 5.74) is 1.31. The number of carbonyl (C=O) groups is 1. The van der Waals surface area contributed by atoms with Gasteiger partial charge >= 0.3 is 5.97 Å². The van der Waals surface area contributed by atoms with Crippen LogP contribution < -0.4 is 0 Å². The summed E-state index contributed by atoms with van der Waals surface area (Å²) in [5, 5.41) is 0. The molecule has 0 saturated heterocycles. The van der Waals surface area contributed by atoms with Crippen molar-refractivity contribution in [2.45, 2.75) is 45.7 Å². The summed E-state index contributed by atoms with van der Waals surface area (Å²) in [6.07, 6.45) is 3.19. The Balaban J connectivity index is 2.04. The molecule has 0 amide bonds. The molecule has 2 atom stereocenters. The van der Waals surface area contributed by atoms with Crippen LogP contribution in [0.4, 0.5) is 0 Å². The first-order valence-corrected chi connectivity index (χ1v) is 7.70. The molecule has 0 spiro atoms. The molecule has 1 fully saturated rings. The molecule has 0 N–H and O–H groups in total. The summed E-state index contributed by atoms with van der Waals surface area (Å²) in [5.74, 6) is 0.0418. The molecule has 0 bridgehead atoms. The largest absolute Gasteiger partial charge is 0.466 e. The lowest BCUT2D eigenvalue weighted by Gasteiger charge is -2.31. The molecule has 1 aliphatic carbocycles. The van der Waals surface area contributed by atoms with Gasteiger partial charge in [0.1, 0.15) is 0 Å². The van der Waals surface area contributed by atoms with Gasteiger partial charge in [0.15, 0.2) is 0 Å². The molecule has 0 aliphatic heterocycles. The number of carbonyl (C=O) groups excluding carboxylic acids is 1. The van der Waals surface area contributed by atoms with Crippen molar-refractivity contribution in [2.24, 2.45) is 5.92 Å². The van der Waals surface area contributed by atoms with Crippen LogP contribution in [0.3, 0.4) is 0 Å². The van der Waals surface area contributed by atoms with Crippen molar-refractivity contribution in [1.82, 2.24) is 4.90 Å². The summed E-state index contributed by atoms with van der Waals surface area (Å²) in [6, 6.07) is 10.8. The fourth-order valence-electron chi connectivity index (χ4n) is 3.18. The predicted molar refractivity (Wildman–Crippen MR) is 80.3 cm³/mol. The van der Waals surface area contributed by atoms with Crippen molar-refractivity contribution >= 4 is 5.97 Å². The van der Waals surface area contributed by atoms with Crippen molar-refractivity contribution in [3.63, 3.8) is 0 Å². The Morgan fingerprint density at radius 3 is 2.65 bits per heavy atom. The third-order valence-corrected chi connectivity index (χ3v) is 4.17. The minimum atomic E-state index is -0.0125. The highest BCUT2D eigenvalue weighted by Crippen LogP contribution is 2.31. The molecule has 3 heteroatoms. The van der Waals surface area contributed by atoms with Gasteiger partial charge in [-0.2, -0.15) is 0 Å². The second kappa shape index (κ2) is 7.44. The minimum absolute atomic E-state index is 0.0125. The summed E-state index contributed by atoms with van der Waals surface area (Å²) in [7, 11) is 0. The molecular formula is C17H25NO2. The fourth-order valence-corrected chi connectivity index (χ4v) is 3.18. The molecular weight excluding hydrogens is 250 g/mol. The Kier molecular flexibility index (Phi) is 5.60. The van der Waals surface area contributed by atoms with E-state index in [1.807, 2.05) is 13.0 Å². The van der Waals surface area contributed by atoms with E-state index in [1.165, 1.54) is 5.56 Å². The van der Waals surface area contributed by atoms with Crippen LogP contribution in [0.1, 0.15) is 38.7 Å². The van der Waals surface area contributed by atoms with Crippen molar-refractivity contribution in [1.29, 1.82) is 0 Å². The van der Waals surface area contributed by atoms with Gasteiger partial charge < -0.3 is 4.74 Å². The van der Waals surface area contributed by atoms with Crippen molar-refractivity contribution in [3.05, 3.63) is 35.9 Å². The predicted octanol–water partition coefficient (Wildman–Crippen LogP) is 3.24. The zero-order valence-electron chi connectivity index (χ0n) is 12.5. The van der Waals surface area contributed by atoms with E-state index in [-0.39, 0.29) is 11.9 Å². The van der Waals surface area contributed by atoms with Crippen molar-refractivity contribution < 1.29 is 9.53 Å². The van der Waals surface area contributed by atoms with Gasteiger partial charge in [-0.1, -0.05) is 43.7 Å². The SMILES string of the molecule is CCOC(=O)[C@H]1CCC[C@H]1N(CC)Cc1ccccc1. The topological polar surface area (TPSA) is 29.5 Å². The van der Waals surface area contributed by atoms with Gasteiger partial charge in [0.25, 0.3) is 0 Å². The minimum Gasteiger partial charge on any atom is -0.466 e. The average molecular weight is 275 g/mol. The molecule has 0 radical (unpaired) electrons. The van der Waals surface area contributed by atoms with E-state index < -0.39 is 0 Å². The molecule has 2 rings (SSSR count). The summed E-state index contributed by atoms with van der Waals surface area (Å²) < 4.78 is 5.24. The van der Waals surface area contributed by atoms with Gasteiger partial charge in [-0.25, -0.2) is 0 Å². The molecule has 1 aliphatic rings. The van der Waals surface area contributed by atoms with Gasteiger partial charge in [0.2, 0.25) is 0 Å².